The summed E-state index contributed by atoms with van der Waals surface area (Å²) < 4.78 is 11.7. The van der Waals surface area contributed by atoms with Gasteiger partial charge in [-0.25, -0.2) is 0 Å². The number of hydrogen-bond donors (Lipinski definition) is 0. The van der Waals surface area contributed by atoms with Gasteiger partial charge in [-0.2, -0.15) is 0 Å². The van der Waals surface area contributed by atoms with Crippen LogP contribution in [0.15, 0.2) is 12.7 Å². The Hall–Kier alpha value is -0.0500. The second-order valence-electron chi connectivity index (χ2n) is 4.73. The highest BCUT2D eigenvalue weighted by atomic mass is 35.5. The molecule has 14 heavy (non-hydrogen) atoms. The summed E-state index contributed by atoms with van der Waals surface area (Å²) in [5.74, 6) is 0. The molecule has 0 radical (unpaired) electrons. The topological polar surface area (TPSA) is 18.5 Å². The van der Waals surface area contributed by atoms with Gasteiger partial charge in [0.25, 0.3) is 0 Å². The van der Waals surface area contributed by atoms with E-state index in [2.05, 4.69) is 13.5 Å². The second kappa shape index (κ2) is 3.51. The van der Waals surface area contributed by atoms with E-state index in [1.54, 1.807) is 0 Å². The highest BCUT2D eigenvalue weighted by Gasteiger charge is 2.49. The Balaban J connectivity index is 2.19. The maximum absolute atomic E-state index is 6.26. The quantitative estimate of drug-likeness (QED) is 0.522. The zero-order valence-electron chi connectivity index (χ0n) is 8.59. The number of halogens is 1. The van der Waals surface area contributed by atoms with Crippen LogP contribution in [0.25, 0.3) is 0 Å². The van der Waals surface area contributed by atoms with E-state index >= 15 is 0 Å². The van der Waals surface area contributed by atoms with Crippen LogP contribution in [0.3, 0.4) is 0 Å². The molecule has 2 aliphatic rings. The number of hydrogen-bond acceptors (Lipinski definition) is 2. The maximum atomic E-state index is 6.26. The molecule has 0 N–H and O–H groups in total. The van der Waals surface area contributed by atoms with Crippen molar-refractivity contribution in [2.45, 2.75) is 42.8 Å². The zero-order chi connectivity index (χ0) is 10.2. The molecule has 2 fully saturated rings. The first-order valence-corrected chi connectivity index (χ1v) is 5.54. The zero-order valence-corrected chi connectivity index (χ0v) is 9.35. The fourth-order valence-electron chi connectivity index (χ4n) is 2.63. The summed E-state index contributed by atoms with van der Waals surface area (Å²) in [5, 5.41) is 0.206. The molecule has 0 unspecified atom stereocenters. The second-order valence-corrected chi connectivity index (χ2v) is 5.34. The first-order valence-electron chi connectivity index (χ1n) is 5.10. The lowest BCUT2D eigenvalue weighted by Gasteiger charge is -2.52. The van der Waals surface area contributed by atoms with Gasteiger partial charge >= 0.3 is 0 Å². The number of alkyl halides is 1. The van der Waals surface area contributed by atoms with Crippen LogP contribution in [0.4, 0.5) is 0 Å². The molecule has 3 atom stereocenters. The standard InChI is InChI=1S/C11H17ClO2/c1-3-4-11-6-9(12)5-10(2,14-11)7-13-8-11/h3,9H,1,4-8H2,2H3/t9-,10+,11-/m0/s1. The minimum absolute atomic E-state index is 0.189. The summed E-state index contributed by atoms with van der Waals surface area (Å²) in [7, 11) is 0. The fourth-order valence-corrected chi connectivity index (χ4v) is 3.23. The fraction of sp³-hybridized carbons (Fsp3) is 0.818. The third-order valence-corrected chi connectivity index (χ3v) is 3.31. The van der Waals surface area contributed by atoms with E-state index in [0.29, 0.717) is 13.2 Å². The third kappa shape index (κ3) is 1.83. The third-order valence-electron chi connectivity index (χ3n) is 3.00. The highest BCUT2D eigenvalue weighted by molar-refractivity contribution is 6.20. The molecule has 0 aromatic heterocycles. The lowest BCUT2D eigenvalue weighted by Crippen LogP contribution is -2.59. The van der Waals surface area contributed by atoms with Gasteiger partial charge in [-0.15, -0.1) is 18.2 Å². The molecule has 0 spiro atoms. The first-order chi connectivity index (χ1) is 6.58. The smallest absolute Gasteiger partial charge is 0.0971 e. The largest absolute Gasteiger partial charge is 0.375 e. The van der Waals surface area contributed by atoms with E-state index in [1.807, 2.05) is 6.08 Å². The molecule has 2 nitrogen and oxygen atoms in total. The monoisotopic (exact) mass is 216 g/mol. The van der Waals surface area contributed by atoms with Crippen molar-refractivity contribution in [2.24, 2.45) is 0 Å². The van der Waals surface area contributed by atoms with Crippen LogP contribution in [0.2, 0.25) is 0 Å². The summed E-state index contributed by atoms with van der Waals surface area (Å²) >= 11 is 6.26. The molecule has 2 bridgehead atoms. The average Bonchev–Trinajstić information content (AvgIpc) is 2.00. The van der Waals surface area contributed by atoms with Crippen LogP contribution in [-0.4, -0.2) is 29.8 Å². The molecule has 0 saturated carbocycles. The van der Waals surface area contributed by atoms with Crippen LogP contribution >= 0.6 is 11.6 Å². The summed E-state index contributed by atoms with van der Waals surface area (Å²) in [5.41, 5.74) is -0.397. The van der Waals surface area contributed by atoms with E-state index in [9.17, 15) is 0 Å². The van der Waals surface area contributed by atoms with Gasteiger partial charge in [0.15, 0.2) is 0 Å². The summed E-state index contributed by atoms with van der Waals surface area (Å²) in [4.78, 5) is 0. The minimum Gasteiger partial charge on any atom is -0.375 e. The maximum Gasteiger partial charge on any atom is 0.0971 e. The molecule has 0 amide bonds. The van der Waals surface area contributed by atoms with Crippen molar-refractivity contribution in [1.82, 2.24) is 0 Å². The Morgan fingerprint density at radius 3 is 3.00 bits per heavy atom. The van der Waals surface area contributed by atoms with Gasteiger partial charge < -0.3 is 9.47 Å². The van der Waals surface area contributed by atoms with Gasteiger partial charge in [0.2, 0.25) is 0 Å². The molecule has 2 rings (SSSR count). The predicted octanol–water partition coefficient (Wildman–Crippen LogP) is 2.51. The van der Waals surface area contributed by atoms with Crippen molar-refractivity contribution in [3.8, 4) is 0 Å². The van der Waals surface area contributed by atoms with E-state index in [0.717, 1.165) is 19.3 Å². The highest BCUT2D eigenvalue weighted by Crippen LogP contribution is 2.43. The van der Waals surface area contributed by atoms with E-state index in [1.165, 1.54) is 0 Å². The normalized spacial score (nSPS) is 47.4. The molecule has 3 heteroatoms. The molecule has 0 aromatic carbocycles. The van der Waals surface area contributed by atoms with Crippen LogP contribution in [0, 0.1) is 0 Å². The van der Waals surface area contributed by atoms with E-state index in [-0.39, 0.29) is 16.6 Å². The summed E-state index contributed by atoms with van der Waals surface area (Å²) in [6.45, 7) is 7.16. The van der Waals surface area contributed by atoms with Crippen LogP contribution in [0.5, 0.6) is 0 Å². The number of fused-ring (bicyclic) bond motifs is 2. The molecule has 0 aromatic rings. The SMILES string of the molecule is C=CC[C@@]12COC[C@@](C)(C[C@H](Cl)C1)O2. The average molecular weight is 217 g/mol. The van der Waals surface area contributed by atoms with Crippen molar-refractivity contribution in [2.75, 3.05) is 13.2 Å². The first kappa shape index (κ1) is 10.5. The summed E-state index contributed by atoms with van der Waals surface area (Å²) in [6, 6.07) is 0. The molecule has 2 aliphatic heterocycles. The van der Waals surface area contributed by atoms with Crippen LogP contribution < -0.4 is 0 Å². The van der Waals surface area contributed by atoms with Crippen molar-refractivity contribution in [1.29, 1.82) is 0 Å². The predicted molar refractivity (Wildman–Crippen MR) is 56.7 cm³/mol. The number of rotatable bonds is 2. The van der Waals surface area contributed by atoms with Gasteiger partial charge in [0.05, 0.1) is 24.4 Å². The van der Waals surface area contributed by atoms with Gasteiger partial charge in [-0.1, -0.05) is 6.08 Å². The van der Waals surface area contributed by atoms with Crippen molar-refractivity contribution < 1.29 is 9.47 Å². The Morgan fingerprint density at radius 1 is 1.50 bits per heavy atom. The van der Waals surface area contributed by atoms with E-state index < -0.39 is 0 Å². The summed E-state index contributed by atoms with van der Waals surface area (Å²) in [6.07, 6.45) is 4.47. The van der Waals surface area contributed by atoms with Crippen molar-refractivity contribution >= 4 is 11.6 Å². The number of ether oxygens (including phenoxy) is 2. The minimum atomic E-state index is -0.209. The molecule has 0 aliphatic carbocycles. The molecular formula is C11H17ClO2. The Bertz CT molecular complexity index is 243. The van der Waals surface area contributed by atoms with Crippen molar-refractivity contribution in [3.63, 3.8) is 0 Å². The lowest BCUT2D eigenvalue weighted by molar-refractivity contribution is -0.264. The Morgan fingerprint density at radius 2 is 2.29 bits per heavy atom. The van der Waals surface area contributed by atoms with Gasteiger partial charge in [-0.3, -0.25) is 0 Å². The Labute approximate surface area is 90.2 Å². The van der Waals surface area contributed by atoms with Crippen LogP contribution in [0.1, 0.15) is 26.2 Å². The van der Waals surface area contributed by atoms with Gasteiger partial charge in [0, 0.05) is 5.38 Å². The molecule has 2 saturated heterocycles. The molecular weight excluding hydrogens is 200 g/mol. The molecule has 80 valence electrons. The van der Waals surface area contributed by atoms with Crippen molar-refractivity contribution in [3.05, 3.63) is 12.7 Å². The lowest BCUT2D eigenvalue weighted by atomic mass is 9.82. The van der Waals surface area contributed by atoms with Gasteiger partial charge in [0.1, 0.15) is 0 Å². The molecule has 2 heterocycles. The van der Waals surface area contributed by atoms with Crippen LogP contribution in [-0.2, 0) is 9.47 Å². The van der Waals surface area contributed by atoms with E-state index in [4.69, 9.17) is 21.1 Å². The Kier molecular flexibility index (Phi) is 2.63. The van der Waals surface area contributed by atoms with Gasteiger partial charge in [-0.05, 0) is 26.2 Å².